The summed E-state index contributed by atoms with van der Waals surface area (Å²) in [5.41, 5.74) is 5.05. The highest BCUT2D eigenvalue weighted by Crippen LogP contribution is 2.38. The van der Waals surface area contributed by atoms with Gasteiger partial charge in [-0.05, 0) is 73.4 Å². The van der Waals surface area contributed by atoms with Gasteiger partial charge in [0.15, 0.2) is 6.10 Å². The summed E-state index contributed by atoms with van der Waals surface area (Å²) in [6.45, 7) is 4.80. The van der Waals surface area contributed by atoms with Crippen LogP contribution in [0.1, 0.15) is 51.3 Å². The maximum Gasteiger partial charge on any atom is 0.263 e. The number of furan rings is 1. The molecule has 3 aromatic carbocycles. The lowest BCUT2D eigenvalue weighted by molar-refractivity contribution is -0.137. The molecule has 2 atom stereocenters. The summed E-state index contributed by atoms with van der Waals surface area (Å²) in [4.78, 5) is 30.2. The molecule has 4 aromatic rings. The first-order chi connectivity index (χ1) is 18.4. The van der Waals surface area contributed by atoms with E-state index in [1.165, 1.54) is 5.56 Å². The first-order valence-electron chi connectivity index (χ1n) is 12.9. The number of amides is 2. The van der Waals surface area contributed by atoms with Gasteiger partial charge in [-0.1, -0.05) is 54.1 Å². The number of likely N-dealkylation sites (N-methyl/N-ethyl adjacent to an activating group) is 1. The van der Waals surface area contributed by atoms with Gasteiger partial charge in [0.2, 0.25) is 0 Å². The number of hydrogen-bond acceptors (Lipinski definition) is 4. The van der Waals surface area contributed by atoms with Crippen molar-refractivity contribution in [3.63, 3.8) is 0 Å². The Morgan fingerprint density at radius 3 is 2.58 bits per heavy atom. The number of rotatable bonds is 7. The number of ether oxygens (including phenoxy) is 1. The molecule has 0 saturated carbocycles. The highest BCUT2D eigenvalue weighted by atomic mass is 16.5. The van der Waals surface area contributed by atoms with Crippen molar-refractivity contribution in [2.45, 2.75) is 39.0 Å². The normalized spacial score (nSPS) is 15.4. The Morgan fingerprint density at radius 2 is 1.84 bits per heavy atom. The molecule has 0 bridgehead atoms. The van der Waals surface area contributed by atoms with Crippen LogP contribution in [0.15, 0.2) is 95.6 Å². The van der Waals surface area contributed by atoms with Crippen molar-refractivity contribution >= 4 is 11.8 Å². The molecule has 2 heterocycles. The predicted octanol–water partition coefficient (Wildman–Crippen LogP) is 5.80. The number of carbonyl (C=O) groups excluding carboxylic acids is 2. The zero-order valence-corrected chi connectivity index (χ0v) is 22.0. The Hall–Kier alpha value is -4.32. The molecular weight excluding hydrogens is 476 g/mol. The lowest BCUT2D eigenvalue weighted by Crippen LogP contribution is -2.40. The monoisotopic (exact) mass is 508 g/mol. The zero-order valence-electron chi connectivity index (χ0n) is 22.0. The third-order valence-corrected chi connectivity index (χ3v) is 7.00. The fourth-order valence-corrected chi connectivity index (χ4v) is 5.11. The van der Waals surface area contributed by atoms with Crippen LogP contribution in [0.2, 0.25) is 0 Å². The summed E-state index contributed by atoms with van der Waals surface area (Å²) in [7, 11) is 1.73. The van der Waals surface area contributed by atoms with Crippen LogP contribution in [-0.4, -0.2) is 41.3 Å². The van der Waals surface area contributed by atoms with Gasteiger partial charge in [0.1, 0.15) is 11.5 Å². The van der Waals surface area contributed by atoms with Crippen LogP contribution >= 0.6 is 0 Å². The average molecular weight is 509 g/mol. The molecule has 0 N–H and O–H groups in total. The minimum absolute atomic E-state index is 0.00262. The van der Waals surface area contributed by atoms with Crippen molar-refractivity contribution < 1.29 is 18.7 Å². The average Bonchev–Trinajstić information content (AvgIpc) is 3.45. The van der Waals surface area contributed by atoms with Crippen molar-refractivity contribution in [1.82, 2.24) is 9.80 Å². The molecule has 0 radical (unpaired) electrons. The maximum absolute atomic E-state index is 13.7. The molecule has 0 fully saturated rings. The number of nitrogens with zero attached hydrogens (tertiary/aromatic N) is 2. The molecule has 5 rings (SSSR count). The van der Waals surface area contributed by atoms with Crippen LogP contribution < -0.4 is 4.74 Å². The second kappa shape index (κ2) is 11.0. The molecule has 0 unspecified atom stereocenters. The van der Waals surface area contributed by atoms with Gasteiger partial charge >= 0.3 is 0 Å². The Morgan fingerprint density at radius 1 is 1.03 bits per heavy atom. The van der Waals surface area contributed by atoms with Crippen LogP contribution in [0.4, 0.5) is 0 Å². The Bertz CT molecular complexity index is 1410. The fourth-order valence-electron chi connectivity index (χ4n) is 5.11. The summed E-state index contributed by atoms with van der Waals surface area (Å²) in [5, 5.41) is 0. The number of carbonyl (C=O) groups is 2. The summed E-state index contributed by atoms with van der Waals surface area (Å²) in [6.07, 6.45) is 1.66. The molecule has 38 heavy (non-hydrogen) atoms. The van der Waals surface area contributed by atoms with E-state index in [-0.39, 0.29) is 17.9 Å². The van der Waals surface area contributed by atoms with Gasteiger partial charge in [0.25, 0.3) is 11.8 Å². The fraction of sp³-hybridized carbons (Fsp3) is 0.250. The third-order valence-electron chi connectivity index (χ3n) is 7.00. The van der Waals surface area contributed by atoms with Gasteiger partial charge in [-0.25, -0.2) is 0 Å². The zero-order chi connectivity index (χ0) is 26.6. The van der Waals surface area contributed by atoms with E-state index in [2.05, 4.69) is 31.2 Å². The minimum atomic E-state index is -0.684. The van der Waals surface area contributed by atoms with Crippen molar-refractivity contribution in [3.05, 3.63) is 125 Å². The Labute approximate surface area is 223 Å². The van der Waals surface area contributed by atoms with Crippen LogP contribution in [0, 0.1) is 6.92 Å². The van der Waals surface area contributed by atoms with Crippen molar-refractivity contribution in [1.29, 1.82) is 0 Å². The number of benzene rings is 3. The molecule has 6 heteroatoms. The Balaban J connectivity index is 1.44. The van der Waals surface area contributed by atoms with Crippen molar-refractivity contribution in [2.24, 2.45) is 0 Å². The molecule has 0 saturated heterocycles. The largest absolute Gasteiger partial charge is 0.481 e. The molecule has 1 aliphatic heterocycles. The molecule has 6 nitrogen and oxygen atoms in total. The maximum atomic E-state index is 13.7. The molecular formula is C32H32N2O4. The summed E-state index contributed by atoms with van der Waals surface area (Å²) >= 11 is 0. The minimum Gasteiger partial charge on any atom is -0.481 e. The summed E-state index contributed by atoms with van der Waals surface area (Å²) in [5.74, 6) is 1.17. The standard InChI is InChI=1S/C32H32N2O4/c1-22-9-7-12-26(19-22)30-29-20-27(38-23(2)31(35)33(3)21-28-13-8-18-37-28)15-14-24(29)16-17-34(30)32(36)25-10-5-4-6-11-25/h4-15,18-20,23,30H,16-17,21H2,1-3H3/t23-,30-/m1/s1. The van der Waals surface area contributed by atoms with Gasteiger partial charge in [0.05, 0.1) is 18.8 Å². The van der Waals surface area contributed by atoms with Crippen molar-refractivity contribution in [2.75, 3.05) is 13.6 Å². The second-order valence-corrected chi connectivity index (χ2v) is 9.83. The lowest BCUT2D eigenvalue weighted by Gasteiger charge is -2.38. The number of aryl methyl sites for hydroxylation is 1. The van der Waals surface area contributed by atoms with Gasteiger partial charge in [-0.15, -0.1) is 0 Å². The van der Waals surface area contributed by atoms with E-state index in [1.54, 1.807) is 31.2 Å². The summed E-state index contributed by atoms with van der Waals surface area (Å²) < 4.78 is 11.5. The second-order valence-electron chi connectivity index (χ2n) is 9.83. The SMILES string of the molecule is Cc1cccc([C@@H]2c3cc(O[C@H](C)C(=O)N(C)Cc4ccco4)ccc3CCN2C(=O)c2ccccc2)c1. The van der Waals surface area contributed by atoms with E-state index >= 15 is 0 Å². The predicted molar refractivity (Wildman–Crippen MR) is 146 cm³/mol. The highest BCUT2D eigenvalue weighted by molar-refractivity contribution is 5.95. The van der Waals surface area contributed by atoms with E-state index in [0.717, 1.165) is 23.1 Å². The van der Waals surface area contributed by atoms with Crippen LogP contribution in [0.3, 0.4) is 0 Å². The van der Waals surface area contributed by atoms with Gasteiger partial charge < -0.3 is 19.0 Å². The quantitative estimate of drug-likeness (QED) is 0.316. The lowest BCUT2D eigenvalue weighted by atomic mass is 9.87. The van der Waals surface area contributed by atoms with Gasteiger partial charge in [0, 0.05) is 19.2 Å². The molecule has 0 aliphatic carbocycles. The van der Waals surface area contributed by atoms with E-state index in [9.17, 15) is 9.59 Å². The van der Waals surface area contributed by atoms with Gasteiger partial charge in [-0.2, -0.15) is 0 Å². The number of fused-ring (bicyclic) bond motifs is 1. The molecule has 1 aliphatic rings. The van der Waals surface area contributed by atoms with E-state index in [4.69, 9.17) is 9.15 Å². The summed E-state index contributed by atoms with van der Waals surface area (Å²) in [6, 6.07) is 27.0. The molecule has 194 valence electrons. The van der Waals surface area contributed by atoms with Crippen LogP contribution in [-0.2, 0) is 17.8 Å². The third kappa shape index (κ3) is 5.35. The topological polar surface area (TPSA) is 63.0 Å². The molecule has 0 spiro atoms. The smallest absolute Gasteiger partial charge is 0.263 e. The first-order valence-corrected chi connectivity index (χ1v) is 12.9. The van der Waals surface area contributed by atoms with E-state index in [1.807, 2.05) is 59.5 Å². The highest BCUT2D eigenvalue weighted by Gasteiger charge is 2.33. The first kappa shape index (κ1) is 25.3. The molecule has 2 amide bonds. The number of hydrogen-bond donors (Lipinski definition) is 0. The van der Waals surface area contributed by atoms with Crippen LogP contribution in [0.25, 0.3) is 0 Å². The molecule has 1 aromatic heterocycles. The van der Waals surface area contributed by atoms with Gasteiger partial charge in [-0.3, -0.25) is 9.59 Å². The van der Waals surface area contributed by atoms with E-state index in [0.29, 0.717) is 30.2 Å². The van der Waals surface area contributed by atoms with Crippen LogP contribution in [0.5, 0.6) is 5.75 Å². The van der Waals surface area contributed by atoms with Crippen molar-refractivity contribution in [3.8, 4) is 5.75 Å². The van der Waals surface area contributed by atoms with E-state index < -0.39 is 6.10 Å². The Kier molecular flexibility index (Phi) is 7.31.